The highest BCUT2D eigenvalue weighted by molar-refractivity contribution is 6.57. The first-order chi connectivity index (χ1) is 9.01. The van der Waals surface area contributed by atoms with E-state index >= 15 is 0 Å². The van der Waals surface area contributed by atoms with Crippen molar-refractivity contribution in [3.8, 4) is 5.75 Å². The van der Waals surface area contributed by atoms with E-state index in [1.54, 1.807) is 18.2 Å². The van der Waals surface area contributed by atoms with Gasteiger partial charge in [0.15, 0.2) is 0 Å². The van der Waals surface area contributed by atoms with Gasteiger partial charge in [0.05, 0.1) is 14.5 Å². The molecular formula is C14H16ClO3Si. The maximum atomic E-state index is 11.9. The number of hydrogen-bond donors (Lipinski definition) is 0. The molecule has 1 atom stereocenters. The average molecular weight is 296 g/mol. The van der Waals surface area contributed by atoms with Crippen LogP contribution >= 0.6 is 11.6 Å². The summed E-state index contributed by atoms with van der Waals surface area (Å²) in [6.45, 7) is 6.40. The SMILES string of the molecule is CCC(Oc1cc2ccc(Cl)cc2oc1=O)[Si](C)C. The van der Waals surface area contributed by atoms with Crippen molar-refractivity contribution in [2.75, 3.05) is 0 Å². The third-order valence-corrected chi connectivity index (χ3v) is 5.00. The summed E-state index contributed by atoms with van der Waals surface area (Å²) in [4.78, 5) is 11.9. The topological polar surface area (TPSA) is 39.4 Å². The molecule has 2 rings (SSSR count). The lowest BCUT2D eigenvalue weighted by molar-refractivity contribution is 0.258. The standard InChI is InChI=1S/C14H16ClO3Si/c1-4-13(19(2)3)17-12-7-9-5-6-10(15)8-11(9)18-14(12)16/h5-8,13H,4H2,1-3H3. The van der Waals surface area contributed by atoms with Crippen LogP contribution in [0.15, 0.2) is 33.5 Å². The molecule has 0 aliphatic carbocycles. The van der Waals surface area contributed by atoms with E-state index in [0.29, 0.717) is 10.6 Å². The second-order valence-electron chi connectivity index (χ2n) is 4.67. The van der Waals surface area contributed by atoms with Crippen LogP contribution in [0.2, 0.25) is 18.1 Å². The Kier molecular flexibility index (Phi) is 4.32. The molecule has 1 radical (unpaired) electrons. The molecule has 1 aromatic heterocycles. The Labute approximate surface area is 118 Å². The fourth-order valence-electron chi connectivity index (χ4n) is 1.91. The van der Waals surface area contributed by atoms with Crippen molar-refractivity contribution in [2.24, 2.45) is 0 Å². The van der Waals surface area contributed by atoms with Crippen LogP contribution in [0.5, 0.6) is 5.75 Å². The maximum Gasteiger partial charge on any atom is 0.379 e. The predicted octanol–water partition coefficient (Wildman–Crippen LogP) is 3.90. The molecular weight excluding hydrogens is 280 g/mol. The second kappa shape index (κ2) is 5.80. The predicted molar refractivity (Wildman–Crippen MR) is 79.7 cm³/mol. The van der Waals surface area contributed by atoms with E-state index < -0.39 is 14.4 Å². The van der Waals surface area contributed by atoms with Crippen molar-refractivity contribution < 1.29 is 9.15 Å². The van der Waals surface area contributed by atoms with Gasteiger partial charge in [-0.2, -0.15) is 0 Å². The summed E-state index contributed by atoms with van der Waals surface area (Å²) in [6.07, 6.45) is 0.888. The lowest BCUT2D eigenvalue weighted by Gasteiger charge is -2.19. The van der Waals surface area contributed by atoms with Crippen LogP contribution in [0.25, 0.3) is 11.0 Å². The van der Waals surface area contributed by atoms with Crippen molar-refractivity contribution in [1.29, 1.82) is 0 Å². The minimum atomic E-state index is -0.621. The van der Waals surface area contributed by atoms with Crippen LogP contribution in [-0.4, -0.2) is 14.5 Å². The van der Waals surface area contributed by atoms with Gasteiger partial charge in [-0.05, 0) is 24.6 Å². The molecule has 0 aliphatic heterocycles. The van der Waals surface area contributed by atoms with Crippen LogP contribution in [0.4, 0.5) is 0 Å². The van der Waals surface area contributed by atoms with Gasteiger partial charge >= 0.3 is 5.63 Å². The molecule has 0 amide bonds. The minimum Gasteiger partial charge on any atom is -0.487 e. The monoisotopic (exact) mass is 295 g/mol. The van der Waals surface area contributed by atoms with Crippen molar-refractivity contribution in [1.82, 2.24) is 0 Å². The number of hydrogen-bond acceptors (Lipinski definition) is 3. The Morgan fingerprint density at radius 3 is 2.74 bits per heavy atom. The summed E-state index contributed by atoms with van der Waals surface area (Å²) in [5.74, 6) is 0.285. The highest BCUT2D eigenvalue weighted by Crippen LogP contribution is 2.22. The molecule has 0 aliphatic rings. The van der Waals surface area contributed by atoms with E-state index in [2.05, 4.69) is 20.0 Å². The van der Waals surface area contributed by atoms with E-state index in [0.717, 1.165) is 11.8 Å². The molecule has 19 heavy (non-hydrogen) atoms. The summed E-state index contributed by atoms with van der Waals surface area (Å²) >= 11 is 5.87. The summed E-state index contributed by atoms with van der Waals surface area (Å²) in [6, 6.07) is 6.94. The lowest BCUT2D eigenvalue weighted by atomic mass is 10.2. The Morgan fingerprint density at radius 1 is 1.37 bits per heavy atom. The first-order valence-electron chi connectivity index (χ1n) is 6.21. The molecule has 0 bridgehead atoms. The zero-order chi connectivity index (χ0) is 14.0. The number of ether oxygens (including phenoxy) is 1. The van der Waals surface area contributed by atoms with Crippen molar-refractivity contribution >= 4 is 31.4 Å². The Hall–Kier alpha value is -1.26. The molecule has 1 heterocycles. The van der Waals surface area contributed by atoms with Crippen LogP contribution in [-0.2, 0) is 0 Å². The number of halogens is 1. The van der Waals surface area contributed by atoms with Crippen molar-refractivity contribution in [3.63, 3.8) is 0 Å². The van der Waals surface area contributed by atoms with Crippen LogP contribution in [0, 0.1) is 0 Å². The number of fused-ring (bicyclic) bond motifs is 1. The highest BCUT2D eigenvalue weighted by Gasteiger charge is 2.17. The van der Waals surface area contributed by atoms with Crippen molar-refractivity contribution in [2.45, 2.75) is 32.2 Å². The second-order valence-corrected chi connectivity index (χ2v) is 7.91. The van der Waals surface area contributed by atoms with Gasteiger partial charge in [-0.15, -0.1) is 0 Å². The zero-order valence-corrected chi connectivity index (χ0v) is 13.0. The van der Waals surface area contributed by atoms with Crippen LogP contribution in [0.3, 0.4) is 0 Å². The average Bonchev–Trinajstić information content (AvgIpc) is 2.35. The first kappa shape index (κ1) is 14.2. The van der Waals surface area contributed by atoms with Gasteiger partial charge in [-0.25, -0.2) is 4.79 Å². The lowest BCUT2D eigenvalue weighted by Crippen LogP contribution is -2.31. The van der Waals surface area contributed by atoms with Crippen LogP contribution < -0.4 is 10.4 Å². The third-order valence-electron chi connectivity index (χ3n) is 2.95. The molecule has 0 spiro atoms. The number of rotatable bonds is 4. The summed E-state index contributed by atoms with van der Waals surface area (Å²) < 4.78 is 11.0. The van der Waals surface area contributed by atoms with Gasteiger partial charge in [0.2, 0.25) is 5.75 Å². The smallest absolute Gasteiger partial charge is 0.379 e. The molecule has 0 N–H and O–H groups in total. The van der Waals surface area contributed by atoms with Gasteiger partial charge in [-0.3, -0.25) is 0 Å². The molecule has 0 fully saturated rings. The molecule has 0 saturated heterocycles. The van der Waals surface area contributed by atoms with Gasteiger partial charge < -0.3 is 9.15 Å². The maximum absolute atomic E-state index is 11.9. The first-order valence-corrected chi connectivity index (χ1v) is 9.17. The molecule has 101 valence electrons. The summed E-state index contributed by atoms with van der Waals surface area (Å²) in [7, 11) is -0.621. The van der Waals surface area contributed by atoms with E-state index in [9.17, 15) is 4.79 Å². The van der Waals surface area contributed by atoms with Gasteiger partial charge in [-0.1, -0.05) is 31.6 Å². The molecule has 5 heteroatoms. The normalized spacial score (nSPS) is 12.9. The molecule has 2 aromatic rings. The Balaban J connectivity index is 2.41. The van der Waals surface area contributed by atoms with Gasteiger partial charge in [0, 0.05) is 16.5 Å². The fraction of sp³-hybridized carbons (Fsp3) is 0.357. The van der Waals surface area contributed by atoms with E-state index in [-0.39, 0.29) is 11.5 Å². The Morgan fingerprint density at radius 2 is 2.11 bits per heavy atom. The van der Waals surface area contributed by atoms with Crippen molar-refractivity contribution in [3.05, 3.63) is 39.7 Å². The summed E-state index contributed by atoms with van der Waals surface area (Å²) in [5.41, 5.74) is 0.144. The van der Waals surface area contributed by atoms with Gasteiger partial charge in [0.1, 0.15) is 5.58 Å². The molecule has 1 unspecified atom stereocenters. The molecule has 0 saturated carbocycles. The summed E-state index contributed by atoms with van der Waals surface area (Å²) in [5, 5.41) is 1.36. The van der Waals surface area contributed by atoms with Crippen LogP contribution in [0.1, 0.15) is 13.3 Å². The fourth-order valence-corrected chi connectivity index (χ4v) is 3.25. The quantitative estimate of drug-likeness (QED) is 0.634. The van der Waals surface area contributed by atoms with E-state index in [1.165, 1.54) is 0 Å². The Bertz CT molecular complexity index is 636. The molecule has 1 aromatic carbocycles. The zero-order valence-electron chi connectivity index (χ0n) is 11.2. The highest BCUT2D eigenvalue weighted by atomic mass is 35.5. The third kappa shape index (κ3) is 3.19. The van der Waals surface area contributed by atoms with Gasteiger partial charge in [0.25, 0.3) is 0 Å². The van der Waals surface area contributed by atoms with E-state index in [4.69, 9.17) is 20.8 Å². The minimum absolute atomic E-state index is 0.109. The number of benzene rings is 1. The molecule has 3 nitrogen and oxygen atoms in total. The largest absolute Gasteiger partial charge is 0.487 e. The van der Waals surface area contributed by atoms with E-state index in [1.807, 2.05) is 6.07 Å².